The molecule has 0 saturated carbocycles. The fraction of sp³-hybridized carbons (Fsp3) is 0.231. The Morgan fingerprint density at radius 3 is 1.80 bits per heavy atom. The molecule has 0 aliphatic heterocycles. The van der Waals surface area contributed by atoms with E-state index in [2.05, 4.69) is 102 Å². The number of benzene rings is 2. The molecule has 0 nitrogen and oxygen atoms in total. The van der Waals surface area contributed by atoms with Gasteiger partial charge in [0.05, 0.1) is 0 Å². The minimum absolute atomic E-state index is 0. The Hall–Kier alpha value is -1.43. The van der Waals surface area contributed by atoms with Crippen LogP contribution >= 0.6 is 8.58 Å². The second-order valence-corrected chi connectivity index (χ2v) is 8.80. The van der Waals surface area contributed by atoms with Crippen molar-refractivity contribution in [3.8, 4) is 0 Å². The first kappa shape index (κ1) is 28.6. The van der Waals surface area contributed by atoms with Gasteiger partial charge in [-0.2, -0.15) is 33.9 Å². The number of rotatable bonds is 2. The minimum Gasteiger partial charge on any atom is -1.00 e. The summed E-state index contributed by atoms with van der Waals surface area (Å²) in [4.78, 5) is 0. The molecule has 0 spiro atoms. The summed E-state index contributed by atoms with van der Waals surface area (Å²) in [6.45, 7) is 13.2. The Balaban J connectivity index is 0.000000569. The van der Waals surface area contributed by atoms with Crippen molar-refractivity contribution in [3.05, 3.63) is 94.0 Å². The van der Waals surface area contributed by atoms with Gasteiger partial charge in [-0.25, -0.2) is 0 Å². The Bertz CT molecular complexity index is 963. The molecule has 0 aliphatic carbocycles. The second-order valence-electron chi connectivity index (χ2n) is 7.44. The van der Waals surface area contributed by atoms with Crippen molar-refractivity contribution < 1.29 is 35.6 Å². The van der Waals surface area contributed by atoms with Crippen molar-refractivity contribution in [3.63, 3.8) is 0 Å². The van der Waals surface area contributed by atoms with E-state index >= 15 is 0 Å². The van der Waals surface area contributed by atoms with Crippen LogP contribution in [0.4, 0.5) is 0 Å². The largest absolute Gasteiger partial charge is 4.00 e. The third kappa shape index (κ3) is 6.29. The van der Waals surface area contributed by atoms with E-state index in [1.165, 1.54) is 54.8 Å². The smallest absolute Gasteiger partial charge is 1.00 e. The van der Waals surface area contributed by atoms with Crippen LogP contribution in [0.25, 0.3) is 10.8 Å². The van der Waals surface area contributed by atoms with Gasteiger partial charge >= 0.3 is 26.2 Å². The fourth-order valence-electron chi connectivity index (χ4n) is 3.50. The molecule has 30 heavy (non-hydrogen) atoms. The number of aryl methyl sites for hydroxylation is 1. The first-order chi connectivity index (χ1) is 12.9. The Labute approximate surface area is 200 Å². The van der Waals surface area contributed by atoms with Gasteiger partial charge in [0.2, 0.25) is 0 Å². The third-order valence-electron chi connectivity index (χ3n) is 5.85. The van der Waals surface area contributed by atoms with Crippen molar-refractivity contribution >= 4 is 30.0 Å². The third-order valence-corrected chi connectivity index (χ3v) is 7.26. The van der Waals surface area contributed by atoms with Gasteiger partial charge in [0.1, 0.15) is 0 Å². The van der Waals surface area contributed by atoms with Crippen molar-refractivity contribution in [2.75, 3.05) is 0 Å². The Morgan fingerprint density at radius 1 is 0.767 bits per heavy atom. The average molecular weight is 502 g/mol. The summed E-state index contributed by atoms with van der Waals surface area (Å²) in [5, 5.41) is 5.58. The normalized spacial score (nSPS) is 10.1. The number of halogens is 2. The van der Waals surface area contributed by atoms with Crippen molar-refractivity contribution in [2.24, 2.45) is 0 Å². The van der Waals surface area contributed by atoms with Gasteiger partial charge in [0.15, 0.2) is 0 Å². The zero-order chi connectivity index (χ0) is 19.6. The molecule has 0 amide bonds. The van der Waals surface area contributed by atoms with Crippen molar-refractivity contribution in [1.82, 2.24) is 0 Å². The van der Waals surface area contributed by atoms with Crippen LogP contribution in [0.2, 0.25) is 0 Å². The number of fused-ring (bicyclic) bond motifs is 1. The minimum atomic E-state index is 0. The van der Waals surface area contributed by atoms with E-state index in [0.717, 1.165) is 8.58 Å². The summed E-state index contributed by atoms with van der Waals surface area (Å²) >= 11 is 0. The quantitative estimate of drug-likeness (QED) is 0.277. The number of hydrogen-bond donors (Lipinski definition) is 0. The van der Waals surface area contributed by atoms with Gasteiger partial charge in [-0.3, -0.25) is 0 Å². The predicted octanol–water partition coefficient (Wildman–Crippen LogP) is 0.450. The van der Waals surface area contributed by atoms with Crippen LogP contribution in [0.3, 0.4) is 0 Å². The molecular formula is C26H29F2PZr. The molecule has 0 heterocycles. The molecule has 0 aromatic heterocycles. The monoisotopic (exact) mass is 500 g/mol. The van der Waals surface area contributed by atoms with E-state index in [0.29, 0.717) is 0 Å². The van der Waals surface area contributed by atoms with E-state index < -0.39 is 0 Å². The van der Waals surface area contributed by atoms with E-state index in [-0.39, 0.29) is 35.6 Å². The maximum atomic E-state index is 2.31. The van der Waals surface area contributed by atoms with Gasteiger partial charge in [0.25, 0.3) is 0 Å². The van der Waals surface area contributed by atoms with Crippen LogP contribution in [-0.4, -0.2) is 0 Å². The van der Waals surface area contributed by atoms with Gasteiger partial charge in [-0.15, -0.1) is 40.3 Å². The predicted molar refractivity (Wildman–Crippen MR) is 124 cm³/mol. The maximum absolute atomic E-state index is 2.31. The molecule has 0 radical (unpaired) electrons. The van der Waals surface area contributed by atoms with E-state index in [1.54, 1.807) is 0 Å². The SMILES string of the molecule is Cc1c(C)c(C)[c-](C)c1C.Cc1ccccc1Pc1cc2ccccc2[cH-]1.[F-].[F-].[Zr+4]. The van der Waals surface area contributed by atoms with Gasteiger partial charge in [-0.05, 0) is 17.8 Å². The molecule has 1 atom stereocenters. The molecule has 4 aromatic rings. The van der Waals surface area contributed by atoms with Crippen molar-refractivity contribution in [2.45, 2.75) is 41.5 Å². The van der Waals surface area contributed by atoms with Gasteiger partial charge in [0, 0.05) is 0 Å². The standard InChI is InChI=1S/C16H14P.C10H15.2FH.Zr/c1-12-6-2-5-9-16(12)17-15-10-13-7-3-4-8-14(13)11-15;1-6-7(2)9(4)10(5)8(6)3;;;/h2-11,17H,1H3;1-5H3;2*1H;/q2*-1;;;+4/p-2. The van der Waals surface area contributed by atoms with E-state index in [1.807, 2.05) is 0 Å². The Morgan fingerprint density at radius 2 is 1.30 bits per heavy atom. The zero-order valence-electron chi connectivity index (χ0n) is 18.5. The molecule has 0 aliphatic rings. The summed E-state index contributed by atoms with van der Waals surface area (Å²) in [6, 6.07) is 21.8. The topological polar surface area (TPSA) is 0 Å². The first-order valence-electron chi connectivity index (χ1n) is 9.56. The molecule has 4 aromatic carbocycles. The second kappa shape index (κ2) is 12.4. The molecule has 0 saturated heterocycles. The molecule has 4 rings (SSSR count). The molecular weight excluding hydrogens is 472 g/mol. The van der Waals surface area contributed by atoms with Crippen molar-refractivity contribution in [1.29, 1.82) is 0 Å². The summed E-state index contributed by atoms with van der Waals surface area (Å²) in [6.07, 6.45) is 0. The van der Waals surface area contributed by atoms with E-state index in [4.69, 9.17) is 0 Å². The van der Waals surface area contributed by atoms with E-state index in [9.17, 15) is 0 Å². The van der Waals surface area contributed by atoms with Crippen LogP contribution in [0.5, 0.6) is 0 Å². The molecule has 0 bridgehead atoms. The summed E-state index contributed by atoms with van der Waals surface area (Å²) in [5.41, 5.74) is 8.72. The molecule has 4 heteroatoms. The average Bonchev–Trinajstić information content (AvgIpc) is 3.15. The van der Waals surface area contributed by atoms with Gasteiger partial charge in [-0.1, -0.05) is 73.5 Å². The first-order valence-corrected chi connectivity index (χ1v) is 10.6. The maximum Gasteiger partial charge on any atom is 4.00 e. The fourth-order valence-corrected chi connectivity index (χ4v) is 4.72. The van der Waals surface area contributed by atoms with Crippen LogP contribution in [-0.2, 0) is 26.2 Å². The molecule has 0 N–H and O–H groups in total. The number of hydrogen-bond acceptors (Lipinski definition) is 0. The zero-order valence-corrected chi connectivity index (χ0v) is 22.0. The van der Waals surface area contributed by atoms with Crippen LogP contribution in [0.15, 0.2) is 60.7 Å². The summed E-state index contributed by atoms with van der Waals surface area (Å²) in [7, 11) is 0.759. The summed E-state index contributed by atoms with van der Waals surface area (Å²) in [5.74, 6) is 0. The Kier molecular flexibility index (Phi) is 11.8. The molecule has 1 unspecified atom stereocenters. The van der Waals surface area contributed by atoms with Crippen LogP contribution < -0.4 is 20.0 Å². The van der Waals surface area contributed by atoms with Gasteiger partial charge < -0.3 is 9.41 Å². The summed E-state index contributed by atoms with van der Waals surface area (Å²) < 4.78 is 0. The molecule has 0 fully saturated rings. The molecule has 156 valence electrons. The van der Waals surface area contributed by atoms with Crippen LogP contribution in [0.1, 0.15) is 33.4 Å². The van der Waals surface area contributed by atoms with Crippen LogP contribution in [0, 0.1) is 41.5 Å².